The van der Waals surface area contributed by atoms with E-state index in [2.05, 4.69) is 25.9 Å². The molecular weight excluding hydrogens is 285 g/mol. The van der Waals surface area contributed by atoms with E-state index >= 15 is 0 Å². The van der Waals surface area contributed by atoms with Crippen molar-refractivity contribution in [2.24, 2.45) is 5.92 Å². The number of benzene rings is 1. The quantitative estimate of drug-likeness (QED) is 0.913. The van der Waals surface area contributed by atoms with Gasteiger partial charge in [-0.1, -0.05) is 12.1 Å². The minimum Gasteiger partial charge on any atom is -0.326 e. The molecule has 1 heterocycles. The molecule has 1 aliphatic rings. The first-order valence-corrected chi connectivity index (χ1v) is 7.43. The second kappa shape index (κ2) is 6.21. The number of halogens is 1. The molecule has 0 spiro atoms. The lowest BCUT2D eigenvalue weighted by atomic mass is 9.87. The number of anilines is 1. The third-order valence-corrected chi connectivity index (χ3v) is 4.13. The van der Waals surface area contributed by atoms with E-state index in [4.69, 9.17) is 0 Å². The number of alkyl halides is 1. The van der Waals surface area contributed by atoms with Crippen molar-refractivity contribution < 1.29 is 9.18 Å². The maximum absolute atomic E-state index is 13.2. The molecule has 0 atom stereocenters. The maximum Gasteiger partial charge on any atom is 0.227 e. The fourth-order valence-corrected chi connectivity index (χ4v) is 2.73. The van der Waals surface area contributed by atoms with E-state index < -0.39 is 6.17 Å². The van der Waals surface area contributed by atoms with Crippen molar-refractivity contribution in [3.63, 3.8) is 0 Å². The van der Waals surface area contributed by atoms with Gasteiger partial charge in [0.2, 0.25) is 11.7 Å². The van der Waals surface area contributed by atoms with Crippen molar-refractivity contribution in [1.82, 2.24) is 20.6 Å². The number of H-pyrrole nitrogens is 1. The maximum atomic E-state index is 13.2. The average molecular weight is 303 g/mol. The summed E-state index contributed by atoms with van der Waals surface area (Å²) in [6.07, 6.45) is 1.40. The molecule has 2 aromatic rings. The van der Waals surface area contributed by atoms with Crippen molar-refractivity contribution >= 4 is 11.6 Å². The summed E-state index contributed by atoms with van der Waals surface area (Å²) in [6.45, 7) is 1.92. The molecule has 6 nitrogen and oxygen atoms in total. The summed E-state index contributed by atoms with van der Waals surface area (Å²) in [5.41, 5.74) is 2.47. The van der Waals surface area contributed by atoms with Gasteiger partial charge in [0.05, 0.1) is 0 Å². The van der Waals surface area contributed by atoms with Crippen LogP contribution in [0.3, 0.4) is 0 Å². The van der Waals surface area contributed by atoms with Crippen LogP contribution in [0.4, 0.5) is 10.1 Å². The molecule has 0 unspecified atom stereocenters. The van der Waals surface area contributed by atoms with Crippen LogP contribution in [0.2, 0.25) is 0 Å². The lowest BCUT2D eigenvalue weighted by Gasteiger charge is -2.23. The van der Waals surface area contributed by atoms with Gasteiger partial charge in [0.15, 0.2) is 0 Å². The zero-order valence-electron chi connectivity index (χ0n) is 12.3. The molecule has 7 heteroatoms. The number of nitrogens with one attached hydrogen (secondary N) is 2. The first kappa shape index (κ1) is 14.6. The van der Waals surface area contributed by atoms with Crippen LogP contribution in [0.15, 0.2) is 18.2 Å². The summed E-state index contributed by atoms with van der Waals surface area (Å²) >= 11 is 0. The summed E-state index contributed by atoms with van der Waals surface area (Å²) in [5.74, 6) is 0.328. The topological polar surface area (TPSA) is 83.6 Å². The van der Waals surface area contributed by atoms with Crippen LogP contribution in [0.25, 0.3) is 11.4 Å². The van der Waals surface area contributed by atoms with Crippen LogP contribution in [-0.2, 0) is 4.79 Å². The molecule has 22 heavy (non-hydrogen) atoms. The summed E-state index contributed by atoms with van der Waals surface area (Å²) in [7, 11) is 0. The first-order chi connectivity index (χ1) is 10.6. The number of hydrogen-bond acceptors (Lipinski definition) is 4. The minimum absolute atomic E-state index is 0.0414. The van der Waals surface area contributed by atoms with Crippen LogP contribution in [0.1, 0.15) is 31.2 Å². The Morgan fingerprint density at radius 3 is 2.77 bits per heavy atom. The molecule has 0 radical (unpaired) electrons. The highest BCUT2D eigenvalue weighted by Crippen LogP contribution is 2.28. The van der Waals surface area contributed by atoms with E-state index in [-0.39, 0.29) is 11.8 Å². The number of rotatable bonds is 3. The van der Waals surface area contributed by atoms with Gasteiger partial charge in [-0.3, -0.25) is 4.79 Å². The Bertz CT molecular complexity index is 650. The van der Waals surface area contributed by atoms with Crippen LogP contribution in [0.5, 0.6) is 0 Å². The Kier molecular flexibility index (Phi) is 4.13. The molecule has 1 amide bonds. The highest BCUT2D eigenvalue weighted by molar-refractivity contribution is 5.93. The molecule has 1 saturated carbocycles. The normalized spacial score (nSPS) is 21.5. The zero-order chi connectivity index (χ0) is 15.5. The number of nitrogens with zero attached hydrogens (tertiary/aromatic N) is 3. The number of aryl methyl sites for hydroxylation is 1. The Morgan fingerprint density at radius 2 is 2.09 bits per heavy atom. The number of carbonyl (C=O) groups excluding carboxylic acids is 1. The third kappa shape index (κ3) is 3.13. The SMILES string of the molecule is Cc1ccc(-c2nn[nH]n2)cc1NC(=O)C1CCC(F)CC1. The summed E-state index contributed by atoms with van der Waals surface area (Å²) in [5, 5.41) is 16.8. The summed E-state index contributed by atoms with van der Waals surface area (Å²) in [6, 6.07) is 5.61. The van der Waals surface area contributed by atoms with Crippen molar-refractivity contribution in [1.29, 1.82) is 0 Å². The van der Waals surface area contributed by atoms with Crippen molar-refractivity contribution in [2.45, 2.75) is 38.8 Å². The zero-order valence-corrected chi connectivity index (χ0v) is 12.3. The molecule has 1 aromatic heterocycles. The molecule has 0 saturated heterocycles. The lowest BCUT2D eigenvalue weighted by Crippen LogP contribution is -2.27. The molecule has 2 N–H and O–H groups in total. The van der Waals surface area contributed by atoms with Gasteiger partial charge in [-0.25, -0.2) is 4.39 Å². The summed E-state index contributed by atoms with van der Waals surface area (Å²) in [4.78, 5) is 12.3. The minimum atomic E-state index is -0.757. The largest absolute Gasteiger partial charge is 0.326 e. The lowest BCUT2D eigenvalue weighted by molar-refractivity contribution is -0.121. The Morgan fingerprint density at radius 1 is 1.32 bits per heavy atom. The second-order valence-electron chi connectivity index (χ2n) is 5.70. The van der Waals surface area contributed by atoms with Gasteiger partial charge in [0.1, 0.15) is 6.17 Å². The molecule has 116 valence electrons. The number of aromatic amines is 1. The highest BCUT2D eigenvalue weighted by atomic mass is 19.1. The number of hydrogen-bond donors (Lipinski definition) is 2. The summed E-state index contributed by atoms with van der Waals surface area (Å²) < 4.78 is 13.2. The van der Waals surface area contributed by atoms with E-state index in [0.717, 1.165) is 16.8 Å². The number of tetrazole rings is 1. The number of amides is 1. The molecule has 0 aliphatic heterocycles. The Balaban J connectivity index is 1.74. The predicted octanol–water partition coefficient (Wildman–Crippen LogP) is 2.64. The van der Waals surface area contributed by atoms with E-state index in [1.165, 1.54) is 0 Å². The van der Waals surface area contributed by atoms with Crippen molar-refractivity contribution in [3.05, 3.63) is 23.8 Å². The van der Waals surface area contributed by atoms with Crippen LogP contribution in [-0.4, -0.2) is 32.7 Å². The van der Waals surface area contributed by atoms with Gasteiger partial charge < -0.3 is 5.32 Å². The fraction of sp³-hybridized carbons (Fsp3) is 0.467. The monoisotopic (exact) mass is 303 g/mol. The predicted molar refractivity (Wildman–Crippen MR) is 79.8 cm³/mol. The standard InChI is InChI=1S/C15H18FN5O/c1-9-2-3-11(14-18-20-21-19-14)8-13(9)17-15(22)10-4-6-12(16)7-5-10/h2-3,8,10,12H,4-7H2,1H3,(H,17,22)(H,18,19,20,21). The van der Waals surface area contributed by atoms with E-state index in [1.807, 2.05) is 25.1 Å². The van der Waals surface area contributed by atoms with Gasteiger partial charge in [-0.05, 0) is 49.5 Å². The highest BCUT2D eigenvalue weighted by Gasteiger charge is 2.26. The van der Waals surface area contributed by atoms with Gasteiger partial charge in [-0.2, -0.15) is 5.21 Å². The van der Waals surface area contributed by atoms with Gasteiger partial charge in [0, 0.05) is 17.2 Å². The van der Waals surface area contributed by atoms with E-state index in [1.54, 1.807) is 0 Å². The van der Waals surface area contributed by atoms with Gasteiger partial charge in [0.25, 0.3) is 0 Å². The Hall–Kier alpha value is -2.31. The second-order valence-corrected chi connectivity index (χ2v) is 5.70. The van der Waals surface area contributed by atoms with Crippen molar-refractivity contribution in [2.75, 3.05) is 5.32 Å². The molecule has 0 bridgehead atoms. The first-order valence-electron chi connectivity index (χ1n) is 7.43. The molecule has 1 aromatic carbocycles. The number of carbonyl (C=O) groups is 1. The van der Waals surface area contributed by atoms with Gasteiger partial charge in [-0.15, -0.1) is 10.2 Å². The van der Waals surface area contributed by atoms with Crippen molar-refractivity contribution in [3.8, 4) is 11.4 Å². The molecule has 3 rings (SSSR count). The Labute approximate surface area is 127 Å². The van der Waals surface area contributed by atoms with Crippen LogP contribution < -0.4 is 5.32 Å². The molecular formula is C15H18FN5O. The molecule has 1 fully saturated rings. The van der Waals surface area contributed by atoms with E-state index in [0.29, 0.717) is 31.5 Å². The van der Waals surface area contributed by atoms with Crippen LogP contribution in [0, 0.1) is 12.8 Å². The van der Waals surface area contributed by atoms with E-state index in [9.17, 15) is 9.18 Å². The third-order valence-electron chi connectivity index (χ3n) is 4.13. The van der Waals surface area contributed by atoms with Gasteiger partial charge >= 0.3 is 0 Å². The fourth-order valence-electron chi connectivity index (χ4n) is 2.73. The van der Waals surface area contributed by atoms with Crippen LogP contribution >= 0.6 is 0 Å². The average Bonchev–Trinajstić information content (AvgIpc) is 3.04. The smallest absolute Gasteiger partial charge is 0.227 e. The molecule has 1 aliphatic carbocycles. The number of aromatic nitrogens is 4.